The maximum Gasteiger partial charge on any atom is 1.00 e. The van der Waals surface area contributed by atoms with Crippen molar-refractivity contribution in [2.45, 2.75) is 67.2 Å². The first-order chi connectivity index (χ1) is 11.6. The molecule has 1 unspecified atom stereocenters. The molecule has 0 N–H and O–H groups in total. The standard InChI is InChI=1S/C23H31OP.Li.H/c1-13(2)19-9-10-20(14(3)4)21(12-19)25-23(24)22-16(6)11-15(5)17(7)18(22)8;;/h9-14,25H,1-8H3;;/q;+1;-1. The number of aryl methyl sites for hydroxylation is 2. The summed E-state index contributed by atoms with van der Waals surface area (Å²) in [6, 6.07) is 8.83. The first-order valence-corrected chi connectivity index (χ1v) is 10.2. The van der Waals surface area contributed by atoms with Gasteiger partial charge in [0, 0.05) is 5.56 Å². The Morgan fingerprint density at radius 3 is 2.04 bits per heavy atom. The van der Waals surface area contributed by atoms with E-state index in [0.29, 0.717) is 11.8 Å². The van der Waals surface area contributed by atoms with Gasteiger partial charge in [-0.2, -0.15) is 0 Å². The van der Waals surface area contributed by atoms with Crippen LogP contribution >= 0.6 is 8.58 Å². The maximum atomic E-state index is 13.2. The molecule has 2 aromatic rings. The van der Waals surface area contributed by atoms with E-state index in [1.54, 1.807) is 0 Å². The van der Waals surface area contributed by atoms with Crippen LogP contribution in [0.5, 0.6) is 0 Å². The second kappa shape index (κ2) is 9.37. The molecule has 0 aromatic heterocycles. The van der Waals surface area contributed by atoms with Gasteiger partial charge in [-0.25, -0.2) is 0 Å². The first kappa shape index (κ1) is 23.2. The maximum absolute atomic E-state index is 13.2. The zero-order valence-corrected chi connectivity index (χ0v) is 18.9. The quantitative estimate of drug-likeness (QED) is 0.588. The summed E-state index contributed by atoms with van der Waals surface area (Å²) in [5, 5.41) is 1.21. The van der Waals surface area contributed by atoms with Crippen LogP contribution in [0.3, 0.4) is 0 Å². The van der Waals surface area contributed by atoms with Crippen molar-refractivity contribution in [3.8, 4) is 0 Å². The van der Waals surface area contributed by atoms with Crippen LogP contribution in [0.15, 0.2) is 24.3 Å². The van der Waals surface area contributed by atoms with Crippen LogP contribution in [0, 0.1) is 27.7 Å². The largest absolute Gasteiger partial charge is 1.00 e. The summed E-state index contributed by atoms with van der Waals surface area (Å²) < 4.78 is 0. The molecule has 0 radical (unpaired) electrons. The van der Waals surface area contributed by atoms with Crippen molar-refractivity contribution < 1.29 is 25.1 Å². The molecule has 0 aliphatic rings. The van der Waals surface area contributed by atoms with Gasteiger partial charge in [0.15, 0.2) is 5.52 Å². The van der Waals surface area contributed by atoms with E-state index < -0.39 is 0 Å². The normalized spacial score (nSPS) is 11.5. The number of rotatable bonds is 5. The van der Waals surface area contributed by atoms with E-state index in [9.17, 15) is 4.79 Å². The van der Waals surface area contributed by atoms with Crippen LogP contribution in [0.4, 0.5) is 0 Å². The summed E-state index contributed by atoms with van der Waals surface area (Å²) in [7, 11) is 0.183. The smallest absolute Gasteiger partial charge is 1.00 e. The van der Waals surface area contributed by atoms with Gasteiger partial charge in [0.05, 0.1) is 0 Å². The molecule has 0 spiro atoms. The van der Waals surface area contributed by atoms with Gasteiger partial charge in [-0.3, -0.25) is 4.79 Å². The summed E-state index contributed by atoms with van der Waals surface area (Å²) in [6.45, 7) is 17.2. The second-order valence-corrected chi connectivity index (χ2v) is 8.99. The minimum atomic E-state index is 0. The molecular weight excluding hydrogens is 330 g/mol. The molecule has 1 atom stereocenters. The van der Waals surface area contributed by atoms with Crippen LogP contribution in [0.25, 0.3) is 0 Å². The fourth-order valence-electron chi connectivity index (χ4n) is 3.36. The SMILES string of the molecule is Cc1cc(C)c(C(=O)Pc2cc(C(C)C)ccc2C(C)C)c(C)c1C.[H-].[Li+]. The zero-order valence-electron chi connectivity index (χ0n) is 18.9. The predicted octanol–water partition coefficient (Wildman–Crippen LogP) is 3.43. The van der Waals surface area contributed by atoms with Crippen molar-refractivity contribution in [2.24, 2.45) is 0 Å². The van der Waals surface area contributed by atoms with Crippen molar-refractivity contribution in [3.63, 3.8) is 0 Å². The van der Waals surface area contributed by atoms with Gasteiger partial charge < -0.3 is 1.43 Å². The fourth-order valence-corrected chi connectivity index (χ4v) is 4.87. The average molecular weight is 362 g/mol. The predicted molar refractivity (Wildman–Crippen MR) is 113 cm³/mol. The molecular formula is C23H32LiOP. The Bertz CT molecular complexity index is 813. The third-order valence-corrected chi connectivity index (χ3v) is 6.38. The first-order valence-electron chi connectivity index (χ1n) is 9.16. The summed E-state index contributed by atoms with van der Waals surface area (Å²) in [5.74, 6) is 0.906. The number of carbonyl (C=O) groups is 1. The summed E-state index contributed by atoms with van der Waals surface area (Å²) in [4.78, 5) is 13.2. The molecule has 0 saturated heterocycles. The van der Waals surface area contributed by atoms with E-state index in [4.69, 9.17) is 0 Å². The molecule has 0 heterocycles. The summed E-state index contributed by atoms with van der Waals surface area (Å²) in [6.07, 6.45) is 0. The molecule has 2 rings (SSSR count). The zero-order chi connectivity index (χ0) is 18.9. The molecule has 1 nitrogen and oxygen atoms in total. The minimum Gasteiger partial charge on any atom is -1.00 e. The number of hydrogen-bond acceptors (Lipinski definition) is 1. The Balaban J connectivity index is 0.00000338. The molecule has 136 valence electrons. The van der Waals surface area contributed by atoms with E-state index in [0.717, 1.165) is 16.7 Å². The van der Waals surface area contributed by atoms with Gasteiger partial charge in [0.1, 0.15) is 0 Å². The second-order valence-electron chi connectivity index (χ2n) is 7.75. The minimum absolute atomic E-state index is 0. The molecule has 0 fully saturated rings. The molecule has 0 amide bonds. The third kappa shape index (κ3) is 4.89. The van der Waals surface area contributed by atoms with Gasteiger partial charge in [-0.15, -0.1) is 0 Å². The van der Waals surface area contributed by atoms with E-state index >= 15 is 0 Å². The number of carbonyl (C=O) groups excluding carboxylic acids is 1. The van der Waals surface area contributed by atoms with Gasteiger partial charge in [-0.05, 0) is 86.8 Å². The Morgan fingerprint density at radius 1 is 0.885 bits per heavy atom. The number of hydrogen-bond donors (Lipinski definition) is 0. The Labute approximate surface area is 174 Å². The molecule has 2 aromatic carbocycles. The van der Waals surface area contributed by atoms with Crippen molar-refractivity contribution in [3.05, 3.63) is 63.2 Å². The molecule has 0 aliphatic carbocycles. The van der Waals surface area contributed by atoms with Gasteiger partial charge in [0.2, 0.25) is 0 Å². The average Bonchev–Trinajstić information content (AvgIpc) is 2.52. The van der Waals surface area contributed by atoms with Crippen LogP contribution in [0.1, 0.15) is 84.7 Å². The van der Waals surface area contributed by atoms with Gasteiger partial charge in [-0.1, -0.05) is 52.0 Å². The Kier molecular flexibility index (Phi) is 8.35. The summed E-state index contributed by atoms with van der Waals surface area (Å²) >= 11 is 0. The van der Waals surface area contributed by atoms with Crippen LogP contribution in [-0.2, 0) is 0 Å². The van der Waals surface area contributed by atoms with Gasteiger partial charge in [0.25, 0.3) is 0 Å². The monoisotopic (exact) mass is 362 g/mol. The van der Waals surface area contributed by atoms with Crippen LogP contribution < -0.4 is 24.2 Å². The molecule has 0 aliphatic heterocycles. The van der Waals surface area contributed by atoms with Gasteiger partial charge >= 0.3 is 18.9 Å². The van der Waals surface area contributed by atoms with E-state index in [-0.39, 0.29) is 34.4 Å². The Hall–Kier alpha value is -0.863. The van der Waals surface area contributed by atoms with Crippen molar-refractivity contribution in [1.82, 2.24) is 0 Å². The number of benzene rings is 2. The molecule has 26 heavy (non-hydrogen) atoms. The van der Waals surface area contributed by atoms with Crippen LogP contribution in [-0.4, -0.2) is 5.52 Å². The third-order valence-electron chi connectivity index (χ3n) is 5.20. The topological polar surface area (TPSA) is 17.1 Å². The van der Waals surface area contributed by atoms with Crippen LogP contribution in [0.2, 0.25) is 0 Å². The van der Waals surface area contributed by atoms with E-state index in [1.165, 1.54) is 27.6 Å². The van der Waals surface area contributed by atoms with Crippen molar-refractivity contribution >= 4 is 19.4 Å². The van der Waals surface area contributed by atoms with E-state index in [2.05, 4.69) is 79.7 Å². The molecule has 3 heteroatoms. The Morgan fingerprint density at radius 2 is 1.50 bits per heavy atom. The van der Waals surface area contributed by atoms with E-state index in [1.807, 2.05) is 0 Å². The summed E-state index contributed by atoms with van der Waals surface area (Å²) in [5.41, 5.74) is 8.54. The van der Waals surface area contributed by atoms with Crippen molar-refractivity contribution in [2.75, 3.05) is 0 Å². The molecule has 0 bridgehead atoms. The fraction of sp³-hybridized carbons (Fsp3) is 0.435. The molecule has 0 saturated carbocycles. The van der Waals surface area contributed by atoms with Crippen molar-refractivity contribution in [1.29, 1.82) is 0 Å².